The van der Waals surface area contributed by atoms with Gasteiger partial charge in [-0.25, -0.2) is 0 Å². The number of hydrogen-bond acceptors (Lipinski definition) is 2. The normalized spacial score (nSPS) is 16.3. The second-order valence-corrected chi connectivity index (χ2v) is 5.79. The molecule has 0 saturated carbocycles. The number of aryl methyl sites for hydroxylation is 2. The van der Waals surface area contributed by atoms with Crippen LogP contribution in [0.1, 0.15) is 39.9 Å². The number of ketones is 1. The lowest BCUT2D eigenvalue weighted by Gasteiger charge is -2.07. The van der Waals surface area contributed by atoms with E-state index in [9.17, 15) is 4.79 Å². The predicted octanol–water partition coefficient (Wildman–Crippen LogP) is 4.61. The van der Waals surface area contributed by atoms with Crippen LogP contribution in [-0.4, -0.2) is 12.9 Å². The number of rotatable bonds is 2. The van der Waals surface area contributed by atoms with Crippen molar-refractivity contribution in [2.24, 2.45) is 0 Å². The van der Waals surface area contributed by atoms with Gasteiger partial charge in [-0.2, -0.15) is 0 Å². The van der Waals surface area contributed by atoms with E-state index in [1.54, 1.807) is 7.11 Å². The van der Waals surface area contributed by atoms with Gasteiger partial charge in [-0.3, -0.25) is 4.79 Å². The maximum atomic E-state index is 12.8. The van der Waals surface area contributed by atoms with Crippen molar-refractivity contribution in [1.82, 2.24) is 0 Å². The number of carbonyl (C=O) groups excluding carboxylic acids is 1. The fourth-order valence-corrected chi connectivity index (χ4v) is 2.91. The third-order valence-electron chi connectivity index (χ3n) is 4.15. The number of methoxy groups -OCH3 is 1. The third-order valence-corrected chi connectivity index (χ3v) is 4.15. The molecule has 0 fully saturated rings. The van der Waals surface area contributed by atoms with E-state index in [1.165, 1.54) is 5.56 Å². The minimum absolute atomic E-state index is 0.173. The maximum Gasteiger partial charge on any atom is 0.189 e. The van der Waals surface area contributed by atoms with Gasteiger partial charge in [0.25, 0.3) is 0 Å². The first-order valence-electron chi connectivity index (χ1n) is 7.66. The van der Waals surface area contributed by atoms with Crippen LogP contribution in [0.3, 0.4) is 0 Å². The molecule has 1 aliphatic carbocycles. The predicted molar refractivity (Wildman–Crippen MR) is 89.4 cm³/mol. The summed E-state index contributed by atoms with van der Waals surface area (Å²) in [6.45, 7) is 2.03. The van der Waals surface area contributed by atoms with Gasteiger partial charge in [0.05, 0.1) is 7.11 Å². The van der Waals surface area contributed by atoms with Gasteiger partial charge in [0.2, 0.25) is 0 Å². The van der Waals surface area contributed by atoms with Crippen LogP contribution >= 0.6 is 0 Å². The molecule has 0 unspecified atom stereocenters. The van der Waals surface area contributed by atoms with Crippen LogP contribution in [0.25, 0.3) is 6.08 Å². The summed E-state index contributed by atoms with van der Waals surface area (Å²) >= 11 is 0. The highest BCUT2D eigenvalue weighted by Crippen LogP contribution is 2.27. The van der Waals surface area contributed by atoms with Gasteiger partial charge in [0.1, 0.15) is 5.75 Å². The molecule has 0 aromatic heterocycles. The van der Waals surface area contributed by atoms with Gasteiger partial charge in [-0.1, -0.05) is 29.8 Å². The molecule has 2 aromatic rings. The zero-order chi connectivity index (χ0) is 15.5. The van der Waals surface area contributed by atoms with Crippen LogP contribution < -0.4 is 4.74 Å². The average molecular weight is 292 g/mol. The van der Waals surface area contributed by atoms with Crippen LogP contribution in [0.5, 0.6) is 5.75 Å². The van der Waals surface area contributed by atoms with Crippen LogP contribution in [0.2, 0.25) is 0 Å². The summed E-state index contributed by atoms with van der Waals surface area (Å²) < 4.78 is 5.17. The molecule has 1 aliphatic rings. The Kier molecular flexibility index (Phi) is 4.10. The molecule has 0 heterocycles. The van der Waals surface area contributed by atoms with Crippen LogP contribution in [0, 0.1) is 6.92 Å². The van der Waals surface area contributed by atoms with Crippen molar-refractivity contribution >= 4 is 11.9 Å². The number of benzene rings is 2. The Morgan fingerprint density at radius 1 is 1.05 bits per heavy atom. The zero-order valence-electron chi connectivity index (χ0n) is 13.1. The summed E-state index contributed by atoms with van der Waals surface area (Å²) in [6.07, 6.45) is 4.84. The number of Topliss-reactive ketones (excluding diaryl/α,β-unsaturated/α-hetero) is 1. The van der Waals surface area contributed by atoms with Crippen molar-refractivity contribution in [3.05, 3.63) is 70.3 Å². The summed E-state index contributed by atoms with van der Waals surface area (Å²) in [4.78, 5) is 12.8. The number of fused-ring (bicyclic) bond motifs is 1. The molecular formula is C20H20O2. The lowest BCUT2D eigenvalue weighted by atomic mass is 9.97. The Labute approximate surface area is 131 Å². The van der Waals surface area contributed by atoms with E-state index >= 15 is 0 Å². The van der Waals surface area contributed by atoms with Gasteiger partial charge in [0.15, 0.2) is 5.78 Å². The number of allylic oxidation sites excluding steroid dienone is 1. The standard InChI is InChI=1S/C20H20O2/c1-14-6-9-16-4-3-5-17(20(21)19(16)12-14)13-15-7-10-18(22-2)11-8-15/h6-13H,3-5H2,1-2H3/b17-13+. The molecule has 2 heteroatoms. The Morgan fingerprint density at radius 3 is 2.55 bits per heavy atom. The van der Waals surface area contributed by atoms with Crippen LogP contribution in [-0.2, 0) is 6.42 Å². The first-order chi connectivity index (χ1) is 10.7. The zero-order valence-corrected chi connectivity index (χ0v) is 13.1. The average Bonchev–Trinajstić information content (AvgIpc) is 2.68. The number of ether oxygens (including phenoxy) is 1. The molecule has 0 N–H and O–H groups in total. The minimum atomic E-state index is 0.173. The summed E-state index contributed by atoms with van der Waals surface area (Å²) in [5.74, 6) is 1.00. The second kappa shape index (κ2) is 6.18. The van der Waals surface area contributed by atoms with E-state index in [1.807, 2.05) is 43.3 Å². The molecule has 0 bridgehead atoms. The summed E-state index contributed by atoms with van der Waals surface area (Å²) in [6, 6.07) is 14.0. The monoisotopic (exact) mass is 292 g/mol. The Morgan fingerprint density at radius 2 is 1.82 bits per heavy atom. The van der Waals surface area contributed by atoms with E-state index in [4.69, 9.17) is 4.74 Å². The quantitative estimate of drug-likeness (QED) is 0.597. The summed E-state index contributed by atoms with van der Waals surface area (Å²) in [5.41, 5.74) is 5.12. The first kappa shape index (κ1) is 14.6. The first-order valence-corrected chi connectivity index (χ1v) is 7.66. The molecule has 0 radical (unpaired) electrons. The third kappa shape index (κ3) is 2.96. The molecule has 2 aromatic carbocycles. The van der Waals surface area contributed by atoms with E-state index in [0.29, 0.717) is 0 Å². The van der Waals surface area contributed by atoms with Crippen molar-refractivity contribution in [3.63, 3.8) is 0 Å². The van der Waals surface area contributed by atoms with Crippen molar-refractivity contribution in [2.45, 2.75) is 26.2 Å². The fourth-order valence-electron chi connectivity index (χ4n) is 2.91. The van der Waals surface area contributed by atoms with Crippen molar-refractivity contribution in [2.75, 3.05) is 7.11 Å². The van der Waals surface area contributed by atoms with Crippen molar-refractivity contribution in [1.29, 1.82) is 0 Å². The maximum absolute atomic E-state index is 12.8. The Balaban J connectivity index is 1.96. The number of hydrogen-bond donors (Lipinski definition) is 0. The van der Waals surface area contributed by atoms with E-state index < -0.39 is 0 Å². The van der Waals surface area contributed by atoms with E-state index in [0.717, 1.165) is 47.3 Å². The molecule has 2 nitrogen and oxygen atoms in total. The molecule has 3 rings (SSSR count). The minimum Gasteiger partial charge on any atom is -0.497 e. The summed E-state index contributed by atoms with van der Waals surface area (Å²) in [5, 5.41) is 0. The Bertz CT molecular complexity index is 724. The van der Waals surface area contributed by atoms with Gasteiger partial charge >= 0.3 is 0 Å². The molecule has 0 amide bonds. The molecule has 0 atom stereocenters. The van der Waals surface area contributed by atoms with Gasteiger partial charge in [-0.05, 0) is 61.6 Å². The molecule has 0 spiro atoms. The van der Waals surface area contributed by atoms with Gasteiger partial charge < -0.3 is 4.74 Å². The molecule has 0 aliphatic heterocycles. The highest BCUT2D eigenvalue weighted by Gasteiger charge is 2.19. The largest absolute Gasteiger partial charge is 0.497 e. The van der Waals surface area contributed by atoms with Crippen LogP contribution in [0.15, 0.2) is 48.0 Å². The smallest absolute Gasteiger partial charge is 0.189 e. The molecule has 112 valence electrons. The molecule has 0 saturated heterocycles. The van der Waals surface area contributed by atoms with Crippen molar-refractivity contribution in [3.8, 4) is 5.75 Å². The van der Waals surface area contributed by atoms with Crippen molar-refractivity contribution < 1.29 is 9.53 Å². The second-order valence-electron chi connectivity index (χ2n) is 5.79. The lowest BCUT2D eigenvalue weighted by molar-refractivity contribution is 0.103. The van der Waals surface area contributed by atoms with Crippen LogP contribution in [0.4, 0.5) is 0 Å². The SMILES string of the molecule is COc1ccc(/C=C2\CCCc3ccc(C)cc3C2=O)cc1. The molecule has 22 heavy (non-hydrogen) atoms. The highest BCUT2D eigenvalue weighted by molar-refractivity contribution is 6.12. The molecular weight excluding hydrogens is 272 g/mol. The summed E-state index contributed by atoms with van der Waals surface area (Å²) in [7, 11) is 1.65. The Hall–Kier alpha value is -2.35. The van der Waals surface area contributed by atoms with Gasteiger partial charge in [0, 0.05) is 11.1 Å². The number of carbonyl (C=O) groups is 1. The fraction of sp³-hybridized carbons (Fsp3) is 0.250. The van der Waals surface area contributed by atoms with Gasteiger partial charge in [-0.15, -0.1) is 0 Å². The van der Waals surface area contributed by atoms with E-state index in [-0.39, 0.29) is 5.78 Å². The van der Waals surface area contributed by atoms with E-state index in [2.05, 4.69) is 12.1 Å². The topological polar surface area (TPSA) is 26.3 Å². The highest BCUT2D eigenvalue weighted by atomic mass is 16.5. The lowest BCUT2D eigenvalue weighted by Crippen LogP contribution is -2.04.